The Bertz CT molecular complexity index is 305. The fourth-order valence-electron chi connectivity index (χ4n) is 2.20. The Balaban J connectivity index is 2.16. The Labute approximate surface area is 92.3 Å². The van der Waals surface area contributed by atoms with Crippen LogP contribution in [0.25, 0.3) is 0 Å². The van der Waals surface area contributed by atoms with Crippen LogP contribution in [0.4, 0.5) is 5.69 Å². The number of nitrogens with zero attached hydrogens (tertiary/aromatic N) is 1. The molecular weight excluding hydrogens is 184 g/mol. The largest absolute Gasteiger partial charge is 0.366 e. The number of anilines is 1. The molecule has 2 nitrogen and oxygen atoms in total. The van der Waals surface area contributed by atoms with E-state index in [1.165, 1.54) is 17.7 Å². The van der Waals surface area contributed by atoms with E-state index >= 15 is 0 Å². The van der Waals surface area contributed by atoms with Crippen LogP contribution >= 0.6 is 0 Å². The molecule has 1 saturated heterocycles. The van der Waals surface area contributed by atoms with Crippen LogP contribution in [0.5, 0.6) is 0 Å². The lowest BCUT2D eigenvalue weighted by Gasteiger charge is -2.37. The SMILES string of the molecule is CCC1CNCCN1c1ccc(C)cc1. The van der Waals surface area contributed by atoms with Crippen molar-refractivity contribution < 1.29 is 0 Å². The molecule has 1 aliphatic heterocycles. The van der Waals surface area contributed by atoms with E-state index in [2.05, 4.69) is 48.3 Å². The van der Waals surface area contributed by atoms with E-state index in [4.69, 9.17) is 0 Å². The van der Waals surface area contributed by atoms with Crippen molar-refractivity contribution in [2.24, 2.45) is 0 Å². The topological polar surface area (TPSA) is 15.3 Å². The van der Waals surface area contributed by atoms with Crippen molar-refractivity contribution in [3.63, 3.8) is 0 Å². The van der Waals surface area contributed by atoms with E-state index in [1.807, 2.05) is 0 Å². The first-order valence-electron chi connectivity index (χ1n) is 5.85. The summed E-state index contributed by atoms with van der Waals surface area (Å²) in [6.07, 6.45) is 1.21. The fraction of sp³-hybridized carbons (Fsp3) is 0.538. The molecule has 1 unspecified atom stereocenters. The molecule has 15 heavy (non-hydrogen) atoms. The van der Waals surface area contributed by atoms with Gasteiger partial charge in [0.25, 0.3) is 0 Å². The normalized spacial score (nSPS) is 21.7. The minimum atomic E-state index is 0.654. The second-order valence-electron chi connectivity index (χ2n) is 4.30. The zero-order chi connectivity index (χ0) is 10.7. The molecule has 82 valence electrons. The number of aryl methyl sites for hydroxylation is 1. The Morgan fingerprint density at radius 1 is 1.33 bits per heavy atom. The van der Waals surface area contributed by atoms with Crippen LogP contribution < -0.4 is 10.2 Å². The molecule has 0 saturated carbocycles. The molecule has 1 aliphatic rings. The van der Waals surface area contributed by atoms with Crippen LogP contribution in [0, 0.1) is 6.92 Å². The Hall–Kier alpha value is -1.02. The summed E-state index contributed by atoms with van der Waals surface area (Å²) >= 11 is 0. The Morgan fingerprint density at radius 3 is 2.73 bits per heavy atom. The predicted molar refractivity (Wildman–Crippen MR) is 65.5 cm³/mol. The highest BCUT2D eigenvalue weighted by Crippen LogP contribution is 2.20. The van der Waals surface area contributed by atoms with Crippen LogP contribution in [0.15, 0.2) is 24.3 Å². The van der Waals surface area contributed by atoms with Crippen LogP contribution in [0.3, 0.4) is 0 Å². The summed E-state index contributed by atoms with van der Waals surface area (Å²) in [7, 11) is 0. The molecule has 0 spiro atoms. The van der Waals surface area contributed by atoms with E-state index in [0.29, 0.717) is 6.04 Å². The third kappa shape index (κ3) is 2.32. The van der Waals surface area contributed by atoms with Crippen LogP contribution in [-0.4, -0.2) is 25.7 Å². The molecule has 1 aromatic carbocycles. The van der Waals surface area contributed by atoms with E-state index in [1.54, 1.807) is 0 Å². The third-order valence-electron chi connectivity index (χ3n) is 3.19. The molecule has 0 aliphatic carbocycles. The molecule has 0 bridgehead atoms. The summed E-state index contributed by atoms with van der Waals surface area (Å²) in [6.45, 7) is 7.74. The van der Waals surface area contributed by atoms with Gasteiger partial charge in [-0.1, -0.05) is 24.6 Å². The van der Waals surface area contributed by atoms with Crippen molar-refractivity contribution in [1.29, 1.82) is 0 Å². The van der Waals surface area contributed by atoms with Gasteiger partial charge < -0.3 is 10.2 Å². The summed E-state index contributed by atoms with van der Waals surface area (Å²) in [5.41, 5.74) is 2.70. The minimum Gasteiger partial charge on any atom is -0.366 e. The van der Waals surface area contributed by atoms with Crippen molar-refractivity contribution in [3.8, 4) is 0 Å². The van der Waals surface area contributed by atoms with Gasteiger partial charge >= 0.3 is 0 Å². The monoisotopic (exact) mass is 204 g/mol. The third-order valence-corrected chi connectivity index (χ3v) is 3.19. The molecular formula is C13H20N2. The number of rotatable bonds is 2. The van der Waals surface area contributed by atoms with Crippen LogP contribution in [0.1, 0.15) is 18.9 Å². The Morgan fingerprint density at radius 2 is 2.07 bits per heavy atom. The lowest BCUT2D eigenvalue weighted by atomic mass is 10.1. The van der Waals surface area contributed by atoms with Crippen molar-refractivity contribution >= 4 is 5.69 Å². The molecule has 0 amide bonds. The van der Waals surface area contributed by atoms with Gasteiger partial charge in [0, 0.05) is 31.4 Å². The Kier molecular flexibility index (Phi) is 3.27. The summed E-state index contributed by atoms with van der Waals surface area (Å²) in [6, 6.07) is 9.53. The summed E-state index contributed by atoms with van der Waals surface area (Å²) in [5.74, 6) is 0. The van der Waals surface area contributed by atoms with Crippen molar-refractivity contribution in [1.82, 2.24) is 5.32 Å². The second kappa shape index (κ2) is 4.67. The second-order valence-corrected chi connectivity index (χ2v) is 4.30. The molecule has 0 radical (unpaired) electrons. The van der Waals surface area contributed by atoms with Gasteiger partial charge in [-0.15, -0.1) is 0 Å². The van der Waals surface area contributed by atoms with Crippen LogP contribution in [-0.2, 0) is 0 Å². The number of benzene rings is 1. The summed E-state index contributed by atoms with van der Waals surface area (Å²) in [5, 5.41) is 3.46. The van der Waals surface area contributed by atoms with E-state index < -0.39 is 0 Å². The standard InChI is InChI=1S/C13H20N2/c1-3-12-10-14-8-9-15(12)13-6-4-11(2)5-7-13/h4-7,12,14H,3,8-10H2,1-2H3. The highest BCUT2D eigenvalue weighted by atomic mass is 15.2. The molecule has 1 aromatic rings. The van der Waals surface area contributed by atoms with Gasteiger partial charge in [-0.05, 0) is 25.5 Å². The number of hydrogen-bond acceptors (Lipinski definition) is 2. The maximum atomic E-state index is 3.46. The first kappa shape index (κ1) is 10.5. The van der Waals surface area contributed by atoms with Gasteiger partial charge in [-0.25, -0.2) is 0 Å². The van der Waals surface area contributed by atoms with E-state index in [9.17, 15) is 0 Å². The van der Waals surface area contributed by atoms with Gasteiger partial charge in [0.1, 0.15) is 0 Å². The fourth-order valence-corrected chi connectivity index (χ4v) is 2.20. The zero-order valence-corrected chi connectivity index (χ0v) is 9.66. The van der Waals surface area contributed by atoms with Gasteiger partial charge in [0.05, 0.1) is 0 Å². The quantitative estimate of drug-likeness (QED) is 0.794. The molecule has 2 heteroatoms. The van der Waals surface area contributed by atoms with Crippen LogP contribution in [0.2, 0.25) is 0 Å². The van der Waals surface area contributed by atoms with Gasteiger partial charge in [-0.2, -0.15) is 0 Å². The molecule has 1 N–H and O–H groups in total. The van der Waals surface area contributed by atoms with Crippen molar-refractivity contribution in [3.05, 3.63) is 29.8 Å². The lowest BCUT2D eigenvalue weighted by molar-refractivity contribution is 0.466. The molecule has 1 atom stereocenters. The van der Waals surface area contributed by atoms with Gasteiger partial charge in [0.15, 0.2) is 0 Å². The van der Waals surface area contributed by atoms with E-state index in [0.717, 1.165) is 19.6 Å². The van der Waals surface area contributed by atoms with Crippen molar-refractivity contribution in [2.45, 2.75) is 26.3 Å². The minimum absolute atomic E-state index is 0.654. The highest BCUT2D eigenvalue weighted by Gasteiger charge is 2.20. The zero-order valence-electron chi connectivity index (χ0n) is 9.66. The average molecular weight is 204 g/mol. The van der Waals surface area contributed by atoms with Gasteiger partial charge in [0.2, 0.25) is 0 Å². The predicted octanol–water partition coefficient (Wildman–Crippen LogP) is 2.18. The molecule has 2 rings (SSSR count). The van der Waals surface area contributed by atoms with Crippen molar-refractivity contribution in [2.75, 3.05) is 24.5 Å². The molecule has 1 fully saturated rings. The smallest absolute Gasteiger partial charge is 0.0412 e. The maximum absolute atomic E-state index is 3.46. The summed E-state index contributed by atoms with van der Waals surface area (Å²) in [4.78, 5) is 2.52. The van der Waals surface area contributed by atoms with Gasteiger partial charge in [-0.3, -0.25) is 0 Å². The number of piperazine rings is 1. The number of nitrogens with one attached hydrogen (secondary N) is 1. The highest BCUT2D eigenvalue weighted by molar-refractivity contribution is 5.49. The number of hydrogen-bond donors (Lipinski definition) is 1. The van der Waals surface area contributed by atoms with E-state index in [-0.39, 0.29) is 0 Å². The average Bonchev–Trinajstić information content (AvgIpc) is 2.30. The molecule has 1 heterocycles. The maximum Gasteiger partial charge on any atom is 0.0412 e. The molecule has 0 aromatic heterocycles. The first-order valence-corrected chi connectivity index (χ1v) is 5.85. The summed E-state index contributed by atoms with van der Waals surface area (Å²) < 4.78 is 0. The first-order chi connectivity index (χ1) is 7.31. The lowest BCUT2D eigenvalue weighted by Crippen LogP contribution is -2.51.